The monoisotopic (exact) mass is 289 g/mol. The molecular formula is C12H20FN3O2S. The second-order valence-corrected chi connectivity index (χ2v) is 6.39. The highest BCUT2D eigenvalue weighted by molar-refractivity contribution is 7.89. The Morgan fingerprint density at radius 3 is 2.58 bits per heavy atom. The van der Waals surface area contributed by atoms with Gasteiger partial charge in [-0.3, -0.25) is 0 Å². The van der Waals surface area contributed by atoms with Crippen molar-refractivity contribution in [2.45, 2.75) is 24.4 Å². The third kappa shape index (κ3) is 4.24. The van der Waals surface area contributed by atoms with E-state index in [1.807, 2.05) is 25.9 Å². The van der Waals surface area contributed by atoms with Crippen LogP contribution in [0.1, 0.15) is 12.5 Å². The van der Waals surface area contributed by atoms with Crippen LogP contribution in [0.5, 0.6) is 0 Å². The Bertz CT molecular complexity index is 532. The molecule has 0 fully saturated rings. The molecule has 0 saturated carbocycles. The van der Waals surface area contributed by atoms with Gasteiger partial charge in [-0.1, -0.05) is 0 Å². The first kappa shape index (κ1) is 16.0. The summed E-state index contributed by atoms with van der Waals surface area (Å²) in [5, 5.41) is 0. The van der Waals surface area contributed by atoms with Gasteiger partial charge in [0.25, 0.3) is 0 Å². The van der Waals surface area contributed by atoms with Crippen molar-refractivity contribution in [3.05, 3.63) is 29.6 Å². The SMILES string of the molecule is CC(CNS(=O)(=O)c1ccc(F)c(CN)c1)N(C)C. The molecule has 0 radical (unpaired) electrons. The number of rotatable bonds is 6. The van der Waals surface area contributed by atoms with Crippen molar-refractivity contribution in [3.8, 4) is 0 Å². The third-order valence-corrected chi connectivity index (χ3v) is 4.42. The molecule has 5 nitrogen and oxygen atoms in total. The quantitative estimate of drug-likeness (QED) is 0.800. The summed E-state index contributed by atoms with van der Waals surface area (Å²) in [6, 6.07) is 3.67. The van der Waals surface area contributed by atoms with Gasteiger partial charge >= 0.3 is 0 Å². The topological polar surface area (TPSA) is 75.4 Å². The molecule has 1 atom stereocenters. The summed E-state index contributed by atoms with van der Waals surface area (Å²) in [6.07, 6.45) is 0. The van der Waals surface area contributed by atoms with Crippen molar-refractivity contribution in [3.63, 3.8) is 0 Å². The fraction of sp³-hybridized carbons (Fsp3) is 0.500. The van der Waals surface area contributed by atoms with Gasteiger partial charge in [0.05, 0.1) is 4.90 Å². The number of sulfonamides is 1. The third-order valence-electron chi connectivity index (χ3n) is 3.00. The van der Waals surface area contributed by atoms with E-state index in [4.69, 9.17) is 5.73 Å². The number of nitrogens with one attached hydrogen (secondary N) is 1. The molecule has 1 aromatic carbocycles. The maximum Gasteiger partial charge on any atom is 0.240 e. The number of halogens is 1. The largest absolute Gasteiger partial charge is 0.326 e. The summed E-state index contributed by atoms with van der Waals surface area (Å²) in [6.45, 7) is 2.15. The van der Waals surface area contributed by atoms with Crippen molar-refractivity contribution < 1.29 is 12.8 Å². The highest BCUT2D eigenvalue weighted by Crippen LogP contribution is 2.14. The zero-order valence-electron chi connectivity index (χ0n) is 11.4. The highest BCUT2D eigenvalue weighted by atomic mass is 32.2. The van der Waals surface area contributed by atoms with E-state index in [2.05, 4.69) is 4.72 Å². The average Bonchev–Trinajstić information content (AvgIpc) is 2.36. The van der Waals surface area contributed by atoms with Gasteiger partial charge in [0.2, 0.25) is 10.0 Å². The Kier molecular flexibility index (Phi) is 5.42. The van der Waals surface area contributed by atoms with Gasteiger partial charge in [0.15, 0.2) is 0 Å². The lowest BCUT2D eigenvalue weighted by molar-refractivity contribution is 0.314. The highest BCUT2D eigenvalue weighted by Gasteiger charge is 2.17. The lowest BCUT2D eigenvalue weighted by Crippen LogP contribution is -2.38. The zero-order valence-corrected chi connectivity index (χ0v) is 12.2. The Labute approximate surface area is 113 Å². The number of hydrogen-bond donors (Lipinski definition) is 2. The van der Waals surface area contributed by atoms with Gasteiger partial charge in [-0.25, -0.2) is 17.5 Å². The van der Waals surface area contributed by atoms with Crippen LogP contribution >= 0.6 is 0 Å². The van der Waals surface area contributed by atoms with Crippen LogP contribution in [-0.4, -0.2) is 40.0 Å². The van der Waals surface area contributed by atoms with Gasteiger partial charge in [-0.05, 0) is 39.2 Å². The van der Waals surface area contributed by atoms with Crippen molar-refractivity contribution in [1.29, 1.82) is 0 Å². The molecule has 0 saturated heterocycles. The molecule has 19 heavy (non-hydrogen) atoms. The molecule has 1 aromatic rings. The molecule has 0 bridgehead atoms. The van der Waals surface area contributed by atoms with Crippen molar-refractivity contribution in [1.82, 2.24) is 9.62 Å². The van der Waals surface area contributed by atoms with Crippen LogP contribution in [0.15, 0.2) is 23.1 Å². The summed E-state index contributed by atoms with van der Waals surface area (Å²) >= 11 is 0. The standard InChI is InChI=1S/C12H20FN3O2S/c1-9(16(2)3)8-15-19(17,18)11-4-5-12(13)10(6-11)7-14/h4-6,9,15H,7-8,14H2,1-3H3. The van der Waals surface area contributed by atoms with Crippen molar-refractivity contribution in [2.75, 3.05) is 20.6 Å². The van der Waals surface area contributed by atoms with E-state index in [1.54, 1.807) is 0 Å². The summed E-state index contributed by atoms with van der Waals surface area (Å²) in [4.78, 5) is 1.93. The minimum absolute atomic E-state index is 0.0281. The zero-order chi connectivity index (χ0) is 14.6. The molecule has 0 aliphatic carbocycles. The molecule has 0 spiro atoms. The molecule has 0 amide bonds. The summed E-state index contributed by atoms with van der Waals surface area (Å²) in [5.74, 6) is -0.497. The van der Waals surface area contributed by atoms with Crippen LogP contribution in [0.4, 0.5) is 4.39 Å². The molecule has 3 N–H and O–H groups in total. The average molecular weight is 289 g/mol. The number of nitrogens with zero attached hydrogens (tertiary/aromatic N) is 1. The van der Waals surface area contributed by atoms with Crippen LogP contribution in [0.2, 0.25) is 0 Å². The molecular weight excluding hydrogens is 269 g/mol. The maximum atomic E-state index is 13.3. The van der Waals surface area contributed by atoms with Crippen molar-refractivity contribution >= 4 is 10.0 Å². The normalized spacial score (nSPS) is 13.8. The van der Waals surface area contributed by atoms with Crippen LogP contribution in [-0.2, 0) is 16.6 Å². The minimum atomic E-state index is -3.64. The molecule has 0 heterocycles. The number of nitrogens with two attached hydrogens (primary N) is 1. The second-order valence-electron chi connectivity index (χ2n) is 4.62. The fourth-order valence-electron chi connectivity index (χ4n) is 1.37. The van der Waals surface area contributed by atoms with E-state index >= 15 is 0 Å². The van der Waals surface area contributed by atoms with Gasteiger partial charge in [0.1, 0.15) is 5.82 Å². The number of hydrogen-bond acceptors (Lipinski definition) is 4. The predicted molar refractivity (Wildman–Crippen MR) is 72.6 cm³/mol. The van der Waals surface area contributed by atoms with Gasteiger partial charge < -0.3 is 10.6 Å². The lowest BCUT2D eigenvalue weighted by Gasteiger charge is -2.20. The minimum Gasteiger partial charge on any atom is -0.326 e. The second kappa shape index (κ2) is 6.42. The first-order chi connectivity index (χ1) is 8.77. The predicted octanol–water partition coefficient (Wildman–Crippen LogP) is 0.513. The Balaban J connectivity index is 2.89. The first-order valence-corrected chi connectivity index (χ1v) is 7.41. The van der Waals surface area contributed by atoms with Gasteiger partial charge in [0, 0.05) is 24.7 Å². The van der Waals surface area contributed by atoms with E-state index in [9.17, 15) is 12.8 Å². The van der Waals surface area contributed by atoms with Crippen LogP contribution in [0.25, 0.3) is 0 Å². The smallest absolute Gasteiger partial charge is 0.240 e. The van der Waals surface area contributed by atoms with Crippen LogP contribution in [0.3, 0.4) is 0 Å². The van der Waals surface area contributed by atoms with E-state index in [0.717, 1.165) is 6.07 Å². The van der Waals surface area contributed by atoms with E-state index < -0.39 is 15.8 Å². The molecule has 0 aliphatic heterocycles. The molecule has 0 aromatic heterocycles. The number of likely N-dealkylation sites (N-methyl/N-ethyl adjacent to an activating group) is 1. The Morgan fingerprint density at radius 1 is 1.42 bits per heavy atom. The molecule has 7 heteroatoms. The lowest BCUT2D eigenvalue weighted by atomic mass is 10.2. The van der Waals surface area contributed by atoms with Crippen LogP contribution < -0.4 is 10.5 Å². The van der Waals surface area contributed by atoms with E-state index in [-0.39, 0.29) is 29.6 Å². The van der Waals surface area contributed by atoms with Crippen LogP contribution in [0, 0.1) is 5.82 Å². The van der Waals surface area contributed by atoms with Gasteiger partial charge in [-0.2, -0.15) is 0 Å². The maximum absolute atomic E-state index is 13.3. The number of benzene rings is 1. The molecule has 0 aliphatic rings. The summed E-state index contributed by atoms with van der Waals surface area (Å²) in [7, 11) is 0.0918. The van der Waals surface area contributed by atoms with E-state index in [1.165, 1.54) is 12.1 Å². The Hall–Kier alpha value is -1.02. The molecule has 1 unspecified atom stereocenters. The molecule has 1 rings (SSSR count). The molecule has 108 valence electrons. The first-order valence-electron chi connectivity index (χ1n) is 5.92. The van der Waals surface area contributed by atoms with E-state index in [0.29, 0.717) is 0 Å². The fourth-order valence-corrected chi connectivity index (χ4v) is 2.54. The Morgan fingerprint density at radius 2 is 2.05 bits per heavy atom. The summed E-state index contributed by atoms with van der Waals surface area (Å²) < 4.78 is 39.9. The summed E-state index contributed by atoms with van der Waals surface area (Å²) in [5.41, 5.74) is 5.55. The van der Waals surface area contributed by atoms with Gasteiger partial charge in [-0.15, -0.1) is 0 Å². The van der Waals surface area contributed by atoms with Crippen molar-refractivity contribution in [2.24, 2.45) is 5.73 Å².